The van der Waals surface area contributed by atoms with Gasteiger partial charge >= 0.3 is 6.03 Å². The Morgan fingerprint density at radius 3 is 2.62 bits per heavy atom. The van der Waals surface area contributed by atoms with Crippen molar-refractivity contribution in [3.8, 4) is 17.0 Å². The van der Waals surface area contributed by atoms with Crippen molar-refractivity contribution in [1.29, 1.82) is 0 Å². The first-order valence-electron chi connectivity index (χ1n) is 11.5. The zero-order valence-corrected chi connectivity index (χ0v) is 19.5. The molecule has 2 saturated heterocycles. The molecule has 0 aliphatic carbocycles. The van der Waals surface area contributed by atoms with Crippen LogP contribution in [0.1, 0.15) is 20.8 Å². The summed E-state index contributed by atoms with van der Waals surface area (Å²) >= 11 is 0. The van der Waals surface area contributed by atoms with E-state index in [1.807, 2.05) is 9.80 Å². The normalized spacial score (nSPS) is 26.6. The molecule has 2 aromatic rings. The molecule has 11 heteroatoms. The standard InChI is InChI=1S/C23H29F2N7O2/c1-13-9-26-10-14(2)32(13)22(34)30-4-5-31-19-8-18(16-6-15(24)7-17(25)20(16)33)28-29-21(19)27-11-23(31,3)12-30/h6-8,13-14,26,33H,4-5,9-12H2,1-3H3,(H,27,29)/t13-,14-,23?/m1/s1. The number of halogens is 2. The second kappa shape index (κ2) is 8.23. The topological polar surface area (TPSA) is 96.9 Å². The van der Waals surface area contributed by atoms with Crippen LogP contribution in [0.4, 0.5) is 25.1 Å². The molecule has 3 aliphatic heterocycles. The summed E-state index contributed by atoms with van der Waals surface area (Å²) in [5, 5.41) is 25.1. The van der Waals surface area contributed by atoms with Crippen LogP contribution >= 0.6 is 0 Å². The number of amides is 2. The third-order valence-electron chi connectivity index (χ3n) is 7.10. The first-order chi connectivity index (χ1) is 16.2. The summed E-state index contributed by atoms with van der Waals surface area (Å²) in [5.41, 5.74) is 0.411. The Kier molecular flexibility index (Phi) is 5.46. The molecule has 0 bridgehead atoms. The lowest BCUT2D eigenvalue weighted by Gasteiger charge is -2.54. The minimum absolute atomic E-state index is 0.0434. The van der Waals surface area contributed by atoms with E-state index in [9.17, 15) is 18.7 Å². The number of carbonyl (C=O) groups is 1. The Morgan fingerprint density at radius 2 is 1.88 bits per heavy atom. The molecule has 3 N–H and O–H groups in total. The van der Waals surface area contributed by atoms with Gasteiger partial charge < -0.3 is 30.4 Å². The smallest absolute Gasteiger partial charge is 0.320 e. The zero-order valence-electron chi connectivity index (χ0n) is 19.5. The van der Waals surface area contributed by atoms with Crippen LogP contribution in [0.15, 0.2) is 18.2 Å². The van der Waals surface area contributed by atoms with Gasteiger partial charge in [0.25, 0.3) is 0 Å². The molecule has 0 radical (unpaired) electrons. The van der Waals surface area contributed by atoms with Crippen LogP contribution in [0.5, 0.6) is 5.75 Å². The molecule has 3 aliphatic rings. The maximum absolute atomic E-state index is 13.9. The van der Waals surface area contributed by atoms with Gasteiger partial charge in [-0.3, -0.25) is 0 Å². The summed E-state index contributed by atoms with van der Waals surface area (Å²) in [4.78, 5) is 19.5. The van der Waals surface area contributed by atoms with Crippen molar-refractivity contribution in [3.05, 3.63) is 29.8 Å². The number of carbonyl (C=O) groups excluding carboxylic acids is 1. The van der Waals surface area contributed by atoms with Crippen molar-refractivity contribution in [1.82, 2.24) is 25.3 Å². The number of nitrogens with one attached hydrogen (secondary N) is 2. The summed E-state index contributed by atoms with van der Waals surface area (Å²) in [6.45, 7) is 9.92. The molecule has 5 rings (SSSR count). The minimum Gasteiger partial charge on any atom is -0.504 e. The Bertz CT molecular complexity index is 1120. The summed E-state index contributed by atoms with van der Waals surface area (Å²) in [5.74, 6) is -1.98. The molecule has 4 heterocycles. The lowest BCUT2D eigenvalue weighted by Crippen LogP contribution is -2.69. The van der Waals surface area contributed by atoms with E-state index in [0.717, 1.165) is 24.8 Å². The predicted octanol–water partition coefficient (Wildman–Crippen LogP) is 2.24. The fraction of sp³-hybridized carbons (Fsp3) is 0.522. The van der Waals surface area contributed by atoms with Gasteiger partial charge in [0, 0.05) is 63.0 Å². The Morgan fingerprint density at radius 1 is 1.15 bits per heavy atom. The number of aromatic nitrogens is 2. The van der Waals surface area contributed by atoms with Gasteiger partial charge in [-0.1, -0.05) is 0 Å². The number of hydrogen-bond acceptors (Lipinski definition) is 7. The number of rotatable bonds is 1. The number of piperazine rings is 2. The molecule has 2 amide bonds. The van der Waals surface area contributed by atoms with Crippen molar-refractivity contribution in [3.63, 3.8) is 0 Å². The lowest BCUT2D eigenvalue weighted by molar-refractivity contribution is 0.0863. The van der Waals surface area contributed by atoms with Gasteiger partial charge in [0.05, 0.1) is 16.9 Å². The number of phenolic OH excluding ortho intramolecular Hbond substituents is 1. The monoisotopic (exact) mass is 473 g/mol. The van der Waals surface area contributed by atoms with E-state index in [-0.39, 0.29) is 29.4 Å². The molecule has 0 spiro atoms. The van der Waals surface area contributed by atoms with Gasteiger partial charge in [-0.05, 0) is 32.9 Å². The average Bonchev–Trinajstić information content (AvgIpc) is 2.80. The predicted molar refractivity (Wildman–Crippen MR) is 124 cm³/mol. The van der Waals surface area contributed by atoms with Crippen LogP contribution in [-0.4, -0.2) is 88.0 Å². The lowest BCUT2D eigenvalue weighted by atomic mass is 9.92. The van der Waals surface area contributed by atoms with E-state index in [1.54, 1.807) is 6.07 Å². The van der Waals surface area contributed by atoms with Crippen LogP contribution in [0.2, 0.25) is 0 Å². The second-order valence-electron chi connectivity index (χ2n) is 9.72. The summed E-state index contributed by atoms with van der Waals surface area (Å²) in [6.07, 6.45) is 0. The number of aromatic hydroxyl groups is 1. The van der Waals surface area contributed by atoms with E-state index in [0.29, 0.717) is 38.1 Å². The van der Waals surface area contributed by atoms with Gasteiger partial charge in [0.15, 0.2) is 17.4 Å². The molecule has 9 nitrogen and oxygen atoms in total. The number of benzene rings is 1. The number of fused-ring (bicyclic) bond motifs is 3. The first kappa shape index (κ1) is 22.6. The van der Waals surface area contributed by atoms with Crippen LogP contribution < -0.4 is 15.5 Å². The first-order valence-corrected chi connectivity index (χ1v) is 11.5. The van der Waals surface area contributed by atoms with Crippen molar-refractivity contribution < 1.29 is 18.7 Å². The number of anilines is 2. The average molecular weight is 474 g/mol. The van der Waals surface area contributed by atoms with E-state index in [4.69, 9.17) is 0 Å². The van der Waals surface area contributed by atoms with Crippen molar-refractivity contribution in [2.24, 2.45) is 0 Å². The van der Waals surface area contributed by atoms with Crippen LogP contribution in [-0.2, 0) is 0 Å². The van der Waals surface area contributed by atoms with Crippen LogP contribution in [0.25, 0.3) is 11.3 Å². The Labute approximate surface area is 196 Å². The Balaban J connectivity index is 1.43. The fourth-order valence-corrected chi connectivity index (χ4v) is 5.35. The summed E-state index contributed by atoms with van der Waals surface area (Å²) in [6, 6.07) is 3.62. The fourth-order valence-electron chi connectivity index (χ4n) is 5.35. The van der Waals surface area contributed by atoms with E-state index in [2.05, 4.69) is 46.5 Å². The highest BCUT2D eigenvalue weighted by Crippen LogP contribution is 2.40. The largest absolute Gasteiger partial charge is 0.504 e. The van der Waals surface area contributed by atoms with E-state index < -0.39 is 22.9 Å². The maximum Gasteiger partial charge on any atom is 0.320 e. The zero-order chi connectivity index (χ0) is 24.2. The highest BCUT2D eigenvalue weighted by atomic mass is 19.1. The van der Waals surface area contributed by atoms with Gasteiger partial charge in [0.1, 0.15) is 5.82 Å². The highest BCUT2D eigenvalue weighted by molar-refractivity contribution is 5.79. The molecular formula is C23H29F2N7O2. The molecule has 182 valence electrons. The molecule has 1 aromatic heterocycles. The van der Waals surface area contributed by atoms with Crippen molar-refractivity contribution in [2.75, 3.05) is 49.5 Å². The van der Waals surface area contributed by atoms with Crippen LogP contribution in [0, 0.1) is 11.6 Å². The van der Waals surface area contributed by atoms with E-state index in [1.165, 1.54) is 0 Å². The summed E-state index contributed by atoms with van der Waals surface area (Å²) in [7, 11) is 0. The number of urea groups is 1. The molecule has 3 atom stereocenters. The van der Waals surface area contributed by atoms with Gasteiger partial charge in [-0.2, -0.15) is 0 Å². The van der Waals surface area contributed by atoms with Gasteiger partial charge in [0.2, 0.25) is 0 Å². The maximum atomic E-state index is 13.9. The molecule has 0 saturated carbocycles. The molecule has 2 fully saturated rings. The quantitative estimate of drug-likeness (QED) is 0.585. The summed E-state index contributed by atoms with van der Waals surface area (Å²) < 4.78 is 27.7. The van der Waals surface area contributed by atoms with E-state index >= 15 is 0 Å². The van der Waals surface area contributed by atoms with Crippen LogP contribution in [0.3, 0.4) is 0 Å². The third-order valence-corrected chi connectivity index (χ3v) is 7.10. The molecule has 1 aromatic carbocycles. The van der Waals surface area contributed by atoms with Crippen molar-refractivity contribution in [2.45, 2.75) is 38.4 Å². The third kappa shape index (κ3) is 3.67. The molecule has 1 unspecified atom stereocenters. The Hall–Kier alpha value is -3.21. The molecular weight excluding hydrogens is 444 g/mol. The minimum atomic E-state index is -1.05. The van der Waals surface area contributed by atoms with Gasteiger partial charge in [-0.25, -0.2) is 13.6 Å². The van der Waals surface area contributed by atoms with Crippen molar-refractivity contribution >= 4 is 17.5 Å². The number of hydrogen-bond donors (Lipinski definition) is 3. The van der Waals surface area contributed by atoms with Gasteiger partial charge in [-0.15, -0.1) is 10.2 Å². The number of nitrogens with zero attached hydrogens (tertiary/aromatic N) is 5. The highest BCUT2D eigenvalue weighted by Gasteiger charge is 2.45. The SMILES string of the molecule is C[C@@H]1CNC[C@@H](C)N1C(=O)N1CCN2c3cc(-c4cc(F)cc(F)c4O)nnc3NCC2(C)C1. The number of phenols is 1. The molecule has 34 heavy (non-hydrogen) atoms. The second-order valence-corrected chi connectivity index (χ2v) is 9.72.